The maximum Gasteiger partial charge on any atom is 0.308 e. The molecule has 2 aromatic rings. The van der Waals surface area contributed by atoms with Gasteiger partial charge in [-0.15, -0.1) is 0 Å². The second-order valence-electron chi connectivity index (χ2n) is 9.77. The zero-order valence-electron chi connectivity index (χ0n) is 21.2. The molecule has 2 unspecified atom stereocenters. The monoisotopic (exact) mass is 451 g/mol. The second-order valence-corrected chi connectivity index (χ2v) is 9.77. The van der Waals surface area contributed by atoms with Gasteiger partial charge in [-0.3, -0.25) is 14.5 Å². The summed E-state index contributed by atoms with van der Waals surface area (Å²) in [6, 6.07) is 8.49. The Kier molecular flexibility index (Phi) is 7.45. The fraction of sp³-hybridized carbons (Fsp3) is 0.519. The molecule has 1 aliphatic rings. The first kappa shape index (κ1) is 24.7. The van der Waals surface area contributed by atoms with E-state index in [1.807, 2.05) is 31.8 Å². The van der Waals surface area contributed by atoms with Crippen LogP contribution in [0.15, 0.2) is 29.3 Å². The van der Waals surface area contributed by atoms with Gasteiger partial charge in [-0.1, -0.05) is 58.4 Å². The third kappa shape index (κ3) is 5.92. The van der Waals surface area contributed by atoms with E-state index in [-0.39, 0.29) is 17.4 Å². The summed E-state index contributed by atoms with van der Waals surface area (Å²) in [7, 11) is 1.91. The third-order valence-corrected chi connectivity index (χ3v) is 5.95. The van der Waals surface area contributed by atoms with Crippen LogP contribution in [0.1, 0.15) is 82.0 Å². The lowest BCUT2D eigenvalue weighted by atomic mass is 9.85. The first-order valence-electron chi connectivity index (χ1n) is 11.8. The zero-order valence-corrected chi connectivity index (χ0v) is 21.2. The number of esters is 1. The summed E-state index contributed by atoms with van der Waals surface area (Å²) in [5, 5.41) is 4.60. The lowest BCUT2D eigenvalue weighted by Crippen LogP contribution is -2.20. The van der Waals surface area contributed by atoms with Crippen LogP contribution in [0, 0.1) is 13.8 Å². The molecule has 33 heavy (non-hydrogen) atoms. The standard InChI is InChI=1S/C27H37N3O3/c1-9-10-11-23(31)32-19(4)33-26(25-17(2)18(3)29-30(25)8)24(22-16-28-22)20-12-14-21(15-13-20)27(5,6)7/h12-16,19,22H,9-11H2,1-8H3/b26-24+. The Balaban J connectivity index is 2.06. The lowest BCUT2D eigenvalue weighted by molar-refractivity contribution is -0.164. The average molecular weight is 452 g/mol. The van der Waals surface area contributed by atoms with E-state index in [0.717, 1.165) is 40.9 Å². The normalized spacial score (nSPS) is 16.9. The van der Waals surface area contributed by atoms with Crippen LogP contribution in [0.2, 0.25) is 0 Å². The molecule has 6 nitrogen and oxygen atoms in total. The smallest absolute Gasteiger partial charge is 0.308 e. The molecule has 0 bridgehead atoms. The molecule has 2 atom stereocenters. The molecule has 0 amide bonds. The highest BCUT2D eigenvalue weighted by atomic mass is 16.7. The Labute approximate surface area is 197 Å². The van der Waals surface area contributed by atoms with Crippen molar-refractivity contribution in [3.63, 3.8) is 0 Å². The van der Waals surface area contributed by atoms with Crippen molar-refractivity contribution >= 4 is 23.5 Å². The summed E-state index contributed by atoms with van der Waals surface area (Å²) < 4.78 is 13.8. The number of hydrogen-bond donors (Lipinski definition) is 0. The molecule has 6 heteroatoms. The molecule has 0 fully saturated rings. The summed E-state index contributed by atoms with van der Waals surface area (Å²) >= 11 is 0. The number of aliphatic imine (C=N–C) groups is 1. The van der Waals surface area contributed by atoms with Crippen molar-refractivity contribution in [1.82, 2.24) is 9.78 Å². The Bertz CT molecular complexity index is 1050. The minimum absolute atomic E-state index is 0.0642. The van der Waals surface area contributed by atoms with E-state index in [1.54, 1.807) is 6.92 Å². The number of carbonyl (C=O) groups is 1. The highest BCUT2D eigenvalue weighted by Crippen LogP contribution is 2.37. The predicted molar refractivity (Wildman–Crippen MR) is 133 cm³/mol. The summed E-state index contributed by atoms with van der Waals surface area (Å²) in [5.74, 6) is 0.401. The molecule has 0 N–H and O–H groups in total. The van der Waals surface area contributed by atoms with Crippen molar-refractivity contribution in [2.45, 2.75) is 85.5 Å². The number of hydrogen-bond acceptors (Lipinski definition) is 5. The fourth-order valence-electron chi connectivity index (χ4n) is 3.86. The first-order chi connectivity index (χ1) is 15.5. The summed E-state index contributed by atoms with van der Waals surface area (Å²) in [6.45, 7) is 14.4. The molecular weight excluding hydrogens is 414 g/mol. The van der Waals surface area contributed by atoms with Gasteiger partial charge in [0.1, 0.15) is 11.7 Å². The van der Waals surface area contributed by atoms with Crippen LogP contribution in [-0.2, 0) is 26.7 Å². The molecule has 178 valence electrons. The molecule has 0 spiro atoms. The molecule has 0 saturated heterocycles. The summed E-state index contributed by atoms with van der Waals surface area (Å²) in [5.41, 5.74) is 6.14. The van der Waals surface area contributed by atoms with Gasteiger partial charge < -0.3 is 9.47 Å². The van der Waals surface area contributed by atoms with Gasteiger partial charge in [0.05, 0.1) is 5.69 Å². The van der Waals surface area contributed by atoms with Crippen molar-refractivity contribution in [2.24, 2.45) is 12.0 Å². The number of carbonyl (C=O) groups excluding carboxylic acids is 1. The molecule has 1 aliphatic heterocycles. The molecular formula is C27H37N3O3. The van der Waals surface area contributed by atoms with Crippen molar-refractivity contribution in [2.75, 3.05) is 0 Å². The van der Waals surface area contributed by atoms with E-state index in [9.17, 15) is 4.79 Å². The van der Waals surface area contributed by atoms with E-state index in [0.29, 0.717) is 12.2 Å². The van der Waals surface area contributed by atoms with Crippen molar-refractivity contribution < 1.29 is 14.3 Å². The minimum Gasteiger partial charge on any atom is -0.452 e. The van der Waals surface area contributed by atoms with Gasteiger partial charge in [0.15, 0.2) is 5.76 Å². The highest BCUT2D eigenvalue weighted by Gasteiger charge is 2.31. The molecule has 0 aliphatic carbocycles. The van der Waals surface area contributed by atoms with Crippen LogP contribution in [0.5, 0.6) is 0 Å². The predicted octanol–water partition coefficient (Wildman–Crippen LogP) is 5.75. The number of nitrogens with zero attached hydrogens (tertiary/aromatic N) is 3. The maximum absolute atomic E-state index is 12.2. The van der Waals surface area contributed by atoms with E-state index in [4.69, 9.17) is 9.47 Å². The number of unbranched alkanes of at least 4 members (excludes halogenated alkanes) is 1. The van der Waals surface area contributed by atoms with Gasteiger partial charge in [-0.25, -0.2) is 0 Å². The van der Waals surface area contributed by atoms with E-state index >= 15 is 0 Å². The Morgan fingerprint density at radius 3 is 2.27 bits per heavy atom. The SMILES string of the molecule is CCCCC(=O)OC(C)O/C(=C(\c1ccc(C(C)(C)C)cc1)C1C=N1)c1c(C)c(C)nn1C. The molecule has 0 saturated carbocycles. The topological polar surface area (TPSA) is 65.7 Å². The number of ether oxygens (including phenoxy) is 2. The van der Waals surface area contributed by atoms with E-state index in [2.05, 4.69) is 62.1 Å². The van der Waals surface area contributed by atoms with Crippen LogP contribution in [0.4, 0.5) is 0 Å². The quantitative estimate of drug-likeness (QED) is 0.276. The van der Waals surface area contributed by atoms with Crippen LogP contribution < -0.4 is 0 Å². The summed E-state index contributed by atoms with van der Waals surface area (Å²) in [4.78, 5) is 16.7. The molecule has 0 radical (unpaired) electrons. The van der Waals surface area contributed by atoms with Gasteiger partial charge in [-0.05, 0) is 36.8 Å². The van der Waals surface area contributed by atoms with Gasteiger partial charge >= 0.3 is 5.97 Å². The minimum atomic E-state index is -0.735. The van der Waals surface area contributed by atoms with Gasteiger partial charge in [0.2, 0.25) is 6.29 Å². The van der Waals surface area contributed by atoms with Crippen LogP contribution in [0.25, 0.3) is 11.3 Å². The summed E-state index contributed by atoms with van der Waals surface area (Å²) in [6.07, 6.45) is 3.31. The van der Waals surface area contributed by atoms with Gasteiger partial charge in [-0.2, -0.15) is 5.10 Å². The van der Waals surface area contributed by atoms with Crippen LogP contribution >= 0.6 is 0 Å². The third-order valence-electron chi connectivity index (χ3n) is 5.95. The number of benzene rings is 1. The van der Waals surface area contributed by atoms with Crippen LogP contribution in [0.3, 0.4) is 0 Å². The van der Waals surface area contributed by atoms with Crippen LogP contribution in [-0.4, -0.2) is 34.3 Å². The van der Waals surface area contributed by atoms with Crippen molar-refractivity contribution in [1.29, 1.82) is 0 Å². The Morgan fingerprint density at radius 1 is 1.15 bits per heavy atom. The molecule has 1 aromatic carbocycles. The molecule has 1 aromatic heterocycles. The highest BCUT2D eigenvalue weighted by molar-refractivity contribution is 6.04. The Morgan fingerprint density at radius 2 is 1.79 bits per heavy atom. The first-order valence-corrected chi connectivity index (χ1v) is 11.8. The van der Waals surface area contributed by atoms with Crippen molar-refractivity contribution in [3.8, 4) is 0 Å². The second kappa shape index (κ2) is 9.94. The van der Waals surface area contributed by atoms with Crippen molar-refractivity contribution in [3.05, 3.63) is 52.3 Å². The largest absolute Gasteiger partial charge is 0.452 e. The van der Waals surface area contributed by atoms with Gasteiger partial charge in [0.25, 0.3) is 0 Å². The average Bonchev–Trinajstić information content (AvgIpc) is 3.53. The number of aryl methyl sites for hydroxylation is 2. The fourth-order valence-corrected chi connectivity index (χ4v) is 3.86. The lowest BCUT2D eigenvalue weighted by Gasteiger charge is -2.23. The van der Waals surface area contributed by atoms with Gasteiger partial charge in [0, 0.05) is 37.7 Å². The molecule has 2 heterocycles. The molecule has 3 rings (SSSR count). The number of aromatic nitrogens is 2. The van der Waals surface area contributed by atoms with E-state index in [1.165, 1.54) is 5.56 Å². The number of rotatable bonds is 9. The maximum atomic E-state index is 12.2. The zero-order chi connectivity index (χ0) is 24.3. The van der Waals surface area contributed by atoms with E-state index < -0.39 is 6.29 Å². The Hall–Kier alpha value is -2.89.